The van der Waals surface area contributed by atoms with Crippen molar-refractivity contribution in [1.29, 1.82) is 0 Å². The summed E-state index contributed by atoms with van der Waals surface area (Å²) in [6, 6.07) is 0. The van der Waals surface area contributed by atoms with Gasteiger partial charge in [-0.15, -0.1) is 0 Å². The molecule has 1 heteroatoms. The lowest BCUT2D eigenvalue weighted by molar-refractivity contribution is -0.104. The monoisotopic (exact) mass is 192 g/mol. The van der Waals surface area contributed by atoms with Gasteiger partial charge in [-0.2, -0.15) is 0 Å². The molecule has 0 aromatic carbocycles. The van der Waals surface area contributed by atoms with Crippen LogP contribution in [0, 0.1) is 11.3 Å². The fourth-order valence-electron chi connectivity index (χ4n) is 2.18. The van der Waals surface area contributed by atoms with Crippen molar-refractivity contribution in [2.24, 2.45) is 11.3 Å². The molecule has 1 rings (SSSR count). The molecule has 0 aromatic rings. The van der Waals surface area contributed by atoms with E-state index in [2.05, 4.69) is 26.8 Å². The van der Waals surface area contributed by atoms with E-state index in [1.807, 2.05) is 6.08 Å². The number of carbonyl (C=O) groups is 1. The van der Waals surface area contributed by atoms with E-state index < -0.39 is 0 Å². The van der Waals surface area contributed by atoms with Crippen LogP contribution in [-0.2, 0) is 4.79 Å². The highest BCUT2D eigenvalue weighted by Gasteiger charge is 2.24. The van der Waals surface area contributed by atoms with Crippen molar-refractivity contribution in [2.75, 3.05) is 0 Å². The average Bonchev–Trinajstić information content (AvgIpc) is 2.08. The van der Waals surface area contributed by atoms with Gasteiger partial charge in [0.25, 0.3) is 0 Å². The summed E-state index contributed by atoms with van der Waals surface area (Å²) in [6.07, 6.45) is 10.3. The standard InChI is InChI=1S/C13H20O/c1-11-10-13(2,3)8-7-12(11)6-4-5-9-14/h4-5,9-10,12H,6-8H2,1-3H3. The predicted molar refractivity (Wildman–Crippen MR) is 60.1 cm³/mol. The van der Waals surface area contributed by atoms with Gasteiger partial charge < -0.3 is 0 Å². The van der Waals surface area contributed by atoms with E-state index in [1.54, 1.807) is 6.08 Å². The molecule has 0 radical (unpaired) electrons. The van der Waals surface area contributed by atoms with Crippen LogP contribution in [0.4, 0.5) is 0 Å². The third-order valence-corrected chi connectivity index (χ3v) is 3.03. The Hall–Kier alpha value is -0.850. The summed E-state index contributed by atoms with van der Waals surface area (Å²) in [4.78, 5) is 10.1. The first-order valence-electron chi connectivity index (χ1n) is 5.35. The van der Waals surface area contributed by atoms with Crippen LogP contribution < -0.4 is 0 Å². The van der Waals surface area contributed by atoms with Crippen molar-refractivity contribution < 1.29 is 4.79 Å². The summed E-state index contributed by atoms with van der Waals surface area (Å²) < 4.78 is 0. The van der Waals surface area contributed by atoms with E-state index >= 15 is 0 Å². The van der Waals surface area contributed by atoms with Gasteiger partial charge in [0.15, 0.2) is 0 Å². The molecule has 0 aromatic heterocycles. The molecule has 0 N–H and O–H groups in total. The van der Waals surface area contributed by atoms with Crippen LogP contribution in [0.5, 0.6) is 0 Å². The Kier molecular flexibility index (Phi) is 3.68. The van der Waals surface area contributed by atoms with Crippen LogP contribution in [0.2, 0.25) is 0 Å². The van der Waals surface area contributed by atoms with Crippen molar-refractivity contribution in [3.8, 4) is 0 Å². The zero-order valence-corrected chi connectivity index (χ0v) is 9.42. The minimum Gasteiger partial charge on any atom is -0.299 e. The van der Waals surface area contributed by atoms with E-state index in [0.717, 1.165) is 12.7 Å². The normalized spacial score (nSPS) is 26.2. The molecule has 14 heavy (non-hydrogen) atoms. The van der Waals surface area contributed by atoms with Crippen molar-refractivity contribution in [3.63, 3.8) is 0 Å². The molecule has 1 aliphatic carbocycles. The highest BCUT2D eigenvalue weighted by molar-refractivity contribution is 5.64. The van der Waals surface area contributed by atoms with Gasteiger partial charge in [0, 0.05) is 0 Å². The molecule has 0 aliphatic heterocycles. The number of hydrogen-bond donors (Lipinski definition) is 0. The minimum atomic E-state index is 0.370. The van der Waals surface area contributed by atoms with Gasteiger partial charge in [-0.25, -0.2) is 0 Å². The molecular weight excluding hydrogens is 172 g/mol. The Morgan fingerprint density at radius 1 is 1.57 bits per heavy atom. The quantitative estimate of drug-likeness (QED) is 0.380. The van der Waals surface area contributed by atoms with Crippen LogP contribution >= 0.6 is 0 Å². The fourth-order valence-corrected chi connectivity index (χ4v) is 2.18. The lowest BCUT2D eigenvalue weighted by Gasteiger charge is -2.31. The second-order valence-electron chi connectivity index (χ2n) is 4.91. The Morgan fingerprint density at radius 3 is 2.86 bits per heavy atom. The molecule has 1 aliphatic rings. The molecule has 1 nitrogen and oxygen atoms in total. The maximum Gasteiger partial charge on any atom is 0.142 e. The topological polar surface area (TPSA) is 17.1 Å². The first-order valence-corrected chi connectivity index (χ1v) is 5.35. The molecule has 0 amide bonds. The maximum absolute atomic E-state index is 10.1. The first-order chi connectivity index (χ1) is 6.55. The predicted octanol–water partition coefficient (Wildman–Crippen LogP) is 3.51. The molecule has 0 heterocycles. The zero-order valence-electron chi connectivity index (χ0n) is 9.42. The van der Waals surface area contributed by atoms with Crippen LogP contribution in [-0.4, -0.2) is 6.29 Å². The Bertz CT molecular complexity index is 258. The van der Waals surface area contributed by atoms with Crippen molar-refractivity contribution >= 4 is 6.29 Å². The minimum absolute atomic E-state index is 0.370. The molecular formula is C13H20O. The molecule has 0 bridgehead atoms. The van der Waals surface area contributed by atoms with Crippen LogP contribution in [0.25, 0.3) is 0 Å². The zero-order chi connectivity index (χ0) is 10.6. The van der Waals surface area contributed by atoms with Gasteiger partial charge in [0.05, 0.1) is 0 Å². The van der Waals surface area contributed by atoms with Gasteiger partial charge in [0.1, 0.15) is 6.29 Å². The highest BCUT2D eigenvalue weighted by atomic mass is 16.1. The maximum atomic E-state index is 10.1. The van der Waals surface area contributed by atoms with Gasteiger partial charge in [0.2, 0.25) is 0 Å². The van der Waals surface area contributed by atoms with E-state index in [9.17, 15) is 4.79 Å². The molecule has 0 saturated heterocycles. The summed E-state index contributed by atoms with van der Waals surface area (Å²) >= 11 is 0. The highest BCUT2D eigenvalue weighted by Crippen LogP contribution is 2.37. The second-order valence-corrected chi connectivity index (χ2v) is 4.91. The molecule has 78 valence electrons. The number of allylic oxidation sites excluding steroid dienone is 4. The molecule has 0 fully saturated rings. The first kappa shape index (κ1) is 11.2. The smallest absolute Gasteiger partial charge is 0.142 e. The van der Waals surface area contributed by atoms with Gasteiger partial charge in [-0.3, -0.25) is 4.79 Å². The Morgan fingerprint density at radius 2 is 2.29 bits per heavy atom. The van der Waals surface area contributed by atoms with Crippen molar-refractivity contribution in [2.45, 2.75) is 40.0 Å². The summed E-state index contributed by atoms with van der Waals surface area (Å²) in [7, 11) is 0. The lowest BCUT2D eigenvalue weighted by atomic mass is 9.74. The third-order valence-electron chi connectivity index (χ3n) is 3.03. The van der Waals surface area contributed by atoms with Crippen LogP contribution in [0.1, 0.15) is 40.0 Å². The molecule has 1 atom stereocenters. The fraction of sp³-hybridized carbons (Fsp3) is 0.615. The lowest BCUT2D eigenvalue weighted by Crippen LogP contribution is -2.18. The van der Waals surface area contributed by atoms with Crippen LogP contribution in [0.3, 0.4) is 0 Å². The number of rotatable bonds is 3. The van der Waals surface area contributed by atoms with E-state index in [1.165, 1.54) is 18.4 Å². The third kappa shape index (κ3) is 3.13. The number of carbonyl (C=O) groups excluding carboxylic acids is 1. The van der Waals surface area contributed by atoms with Gasteiger partial charge in [-0.1, -0.05) is 31.6 Å². The number of hydrogen-bond acceptors (Lipinski definition) is 1. The van der Waals surface area contributed by atoms with E-state index in [0.29, 0.717) is 11.3 Å². The Labute approximate surface area is 86.9 Å². The summed E-state index contributed by atoms with van der Waals surface area (Å²) in [5.74, 6) is 0.652. The van der Waals surface area contributed by atoms with Crippen molar-refractivity contribution in [1.82, 2.24) is 0 Å². The summed E-state index contributed by atoms with van der Waals surface area (Å²) in [5, 5.41) is 0. The van der Waals surface area contributed by atoms with Crippen molar-refractivity contribution in [3.05, 3.63) is 23.8 Å². The van der Waals surface area contributed by atoms with E-state index in [4.69, 9.17) is 0 Å². The second kappa shape index (κ2) is 4.59. The van der Waals surface area contributed by atoms with E-state index in [-0.39, 0.29) is 0 Å². The van der Waals surface area contributed by atoms with Gasteiger partial charge in [-0.05, 0) is 43.6 Å². The SMILES string of the molecule is CC1=CC(C)(C)CCC1CC=CC=O. The average molecular weight is 192 g/mol. The Balaban J connectivity index is 2.58. The van der Waals surface area contributed by atoms with Gasteiger partial charge >= 0.3 is 0 Å². The summed E-state index contributed by atoms with van der Waals surface area (Å²) in [5.41, 5.74) is 1.85. The molecule has 1 unspecified atom stereocenters. The molecule has 0 spiro atoms. The number of aldehydes is 1. The van der Waals surface area contributed by atoms with Crippen LogP contribution in [0.15, 0.2) is 23.8 Å². The molecule has 0 saturated carbocycles. The largest absolute Gasteiger partial charge is 0.299 e. The summed E-state index contributed by atoms with van der Waals surface area (Å²) in [6.45, 7) is 6.78.